The van der Waals surface area contributed by atoms with Crippen molar-refractivity contribution in [2.75, 3.05) is 12.4 Å². The van der Waals surface area contributed by atoms with Crippen LogP contribution in [-0.4, -0.2) is 47.0 Å². The molecule has 3 aliphatic heterocycles. The van der Waals surface area contributed by atoms with Gasteiger partial charge in [0.25, 0.3) is 0 Å². The molecule has 2 fully saturated rings. The van der Waals surface area contributed by atoms with Crippen LogP contribution < -0.4 is 15.4 Å². The van der Waals surface area contributed by atoms with E-state index in [-0.39, 0.29) is 6.54 Å². The smallest absolute Gasteiger partial charge is 0.250 e. The van der Waals surface area contributed by atoms with E-state index in [0.29, 0.717) is 22.0 Å². The van der Waals surface area contributed by atoms with Gasteiger partial charge in [-0.25, -0.2) is 0 Å². The molecule has 0 saturated carbocycles. The molecule has 33 heavy (non-hydrogen) atoms. The van der Waals surface area contributed by atoms with Gasteiger partial charge in [0.1, 0.15) is 11.3 Å². The first-order valence-electron chi connectivity index (χ1n) is 10.7. The number of aliphatic hydroxyl groups excluding tert-OH is 1. The average molecular weight is 470 g/mol. The molecule has 3 aliphatic rings. The summed E-state index contributed by atoms with van der Waals surface area (Å²) >= 11 is 6.32. The van der Waals surface area contributed by atoms with E-state index in [9.17, 15) is 19.5 Å². The van der Waals surface area contributed by atoms with Crippen molar-refractivity contribution in [2.45, 2.75) is 38.1 Å². The number of hydrogen-bond donors (Lipinski definition) is 3. The lowest BCUT2D eigenvalue weighted by Gasteiger charge is -2.30. The second kappa shape index (κ2) is 7.55. The maximum absolute atomic E-state index is 13.7. The summed E-state index contributed by atoms with van der Waals surface area (Å²) in [5, 5.41) is 17.0. The van der Waals surface area contributed by atoms with Gasteiger partial charge in [-0.3, -0.25) is 24.6 Å². The van der Waals surface area contributed by atoms with Crippen molar-refractivity contribution in [1.82, 2.24) is 10.2 Å². The van der Waals surface area contributed by atoms with Crippen LogP contribution in [0.1, 0.15) is 23.6 Å². The molecule has 3 amide bonds. The molecule has 2 aromatic rings. The summed E-state index contributed by atoms with van der Waals surface area (Å²) in [5.74, 6) is -2.49. The average Bonchev–Trinajstić information content (AvgIpc) is 3.36. The number of aliphatic hydroxyl groups is 1. The van der Waals surface area contributed by atoms with Gasteiger partial charge in [0.15, 0.2) is 0 Å². The number of carbonyl (C=O) groups excluding carboxylic acids is 3. The van der Waals surface area contributed by atoms with Gasteiger partial charge < -0.3 is 15.2 Å². The van der Waals surface area contributed by atoms with Crippen molar-refractivity contribution < 1.29 is 24.2 Å². The van der Waals surface area contributed by atoms with Gasteiger partial charge in [-0.2, -0.15) is 0 Å². The number of methoxy groups -OCH3 is 1. The summed E-state index contributed by atoms with van der Waals surface area (Å²) in [7, 11) is 1.56. The summed E-state index contributed by atoms with van der Waals surface area (Å²) in [4.78, 5) is 41.8. The molecule has 0 unspecified atom stereocenters. The summed E-state index contributed by atoms with van der Waals surface area (Å²) in [6.07, 6.45) is -0.966. The summed E-state index contributed by atoms with van der Waals surface area (Å²) in [6.45, 7) is 3.44. The molecule has 0 radical (unpaired) electrons. The van der Waals surface area contributed by atoms with E-state index >= 15 is 0 Å². The fourth-order valence-corrected chi connectivity index (χ4v) is 5.78. The number of ether oxygens (including phenoxy) is 1. The second-order valence-corrected chi connectivity index (χ2v) is 9.37. The van der Waals surface area contributed by atoms with Gasteiger partial charge in [0, 0.05) is 22.3 Å². The standard InChI is InChI=1S/C24H24ClN3O5/c1-11-8-14(25)9-16-19(11)26-23(32)24(16)18-17(20(27-24)12(2)29)21(30)28(22(18)31)10-13-4-6-15(33-3)7-5-13/h4-9,12,17-18,20,27,29H,10H2,1-3H3,(H,26,32)/t12-,17+,18-,20-,24+/m1/s1. The molecule has 0 aromatic heterocycles. The fourth-order valence-electron chi connectivity index (χ4n) is 5.51. The number of rotatable bonds is 4. The molecular formula is C24H24ClN3O5. The van der Waals surface area contributed by atoms with E-state index in [4.69, 9.17) is 16.3 Å². The molecule has 0 bridgehead atoms. The van der Waals surface area contributed by atoms with Gasteiger partial charge in [-0.05, 0) is 49.2 Å². The number of anilines is 1. The molecule has 3 N–H and O–H groups in total. The van der Waals surface area contributed by atoms with Crippen LogP contribution >= 0.6 is 11.6 Å². The van der Waals surface area contributed by atoms with Gasteiger partial charge in [0.2, 0.25) is 17.7 Å². The largest absolute Gasteiger partial charge is 0.497 e. The highest BCUT2D eigenvalue weighted by molar-refractivity contribution is 6.31. The van der Waals surface area contributed by atoms with Gasteiger partial charge in [-0.1, -0.05) is 23.7 Å². The third kappa shape index (κ3) is 3.01. The normalized spacial score (nSPS) is 28.8. The van der Waals surface area contributed by atoms with Crippen molar-refractivity contribution in [3.8, 4) is 5.75 Å². The predicted molar refractivity (Wildman–Crippen MR) is 121 cm³/mol. The molecule has 5 rings (SSSR count). The summed E-state index contributed by atoms with van der Waals surface area (Å²) < 4.78 is 5.17. The number of benzene rings is 2. The number of fused-ring (bicyclic) bond motifs is 4. The third-order valence-electron chi connectivity index (χ3n) is 7.03. The summed E-state index contributed by atoms with van der Waals surface area (Å²) in [6, 6.07) is 9.70. The quantitative estimate of drug-likeness (QED) is 0.591. The van der Waals surface area contributed by atoms with Gasteiger partial charge in [-0.15, -0.1) is 0 Å². The van der Waals surface area contributed by atoms with Gasteiger partial charge in [0.05, 0.1) is 31.6 Å². The Labute approximate surface area is 195 Å². The molecule has 0 aliphatic carbocycles. The molecule has 5 atom stereocenters. The molecule has 1 spiro atoms. The Morgan fingerprint density at radius 2 is 1.88 bits per heavy atom. The molecule has 3 heterocycles. The second-order valence-electron chi connectivity index (χ2n) is 8.93. The minimum atomic E-state index is -1.49. The zero-order valence-electron chi connectivity index (χ0n) is 18.4. The maximum Gasteiger partial charge on any atom is 0.250 e. The van der Waals surface area contributed by atoms with Crippen LogP contribution in [-0.2, 0) is 26.5 Å². The van der Waals surface area contributed by atoms with Crippen LogP contribution in [0.2, 0.25) is 5.02 Å². The first-order chi connectivity index (χ1) is 15.7. The summed E-state index contributed by atoms with van der Waals surface area (Å²) in [5.41, 5.74) is 1.13. The lowest BCUT2D eigenvalue weighted by Crippen LogP contribution is -2.54. The van der Waals surface area contributed by atoms with Crippen molar-refractivity contribution in [1.29, 1.82) is 0 Å². The van der Waals surface area contributed by atoms with E-state index in [1.807, 2.05) is 6.92 Å². The van der Waals surface area contributed by atoms with Crippen LogP contribution in [0.5, 0.6) is 5.75 Å². The van der Waals surface area contributed by atoms with E-state index in [1.54, 1.807) is 50.4 Å². The lowest BCUT2D eigenvalue weighted by atomic mass is 9.76. The van der Waals surface area contributed by atoms with Crippen LogP contribution in [0.4, 0.5) is 5.69 Å². The highest BCUT2D eigenvalue weighted by Gasteiger charge is 2.71. The Kier molecular flexibility index (Phi) is 5.00. The number of amides is 3. The number of halogens is 1. The van der Waals surface area contributed by atoms with Crippen molar-refractivity contribution in [2.24, 2.45) is 11.8 Å². The molecule has 2 aromatic carbocycles. The Balaban J connectivity index is 1.60. The number of hydrogen-bond acceptors (Lipinski definition) is 6. The number of likely N-dealkylation sites (tertiary alicyclic amines) is 1. The van der Waals surface area contributed by atoms with E-state index in [1.165, 1.54) is 4.90 Å². The number of nitrogens with one attached hydrogen (secondary N) is 2. The first kappa shape index (κ1) is 21.9. The van der Waals surface area contributed by atoms with Crippen LogP contribution in [0, 0.1) is 18.8 Å². The molecule has 2 saturated heterocycles. The molecule has 172 valence electrons. The topological polar surface area (TPSA) is 108 Å². The molecule has 9 heteroatoms. The Hall–Kier alpha value is -2.94. The Morgan fingerprint density at radius 3 is 2.52 bits per heavy atom. The molecular weight excluding hydrogens is 446 g/mol. The van der Waals surface area contributed by atoms with Crippen molar-refractivity contribution in [3.05, 3.63) is 58.1 Å². The predicted octanol–water partition coefficient (Wildman–Crippen LogP) is 1.96. The van der Waals surface area contributed by atoms with E-state index in [2.05, 4.69) is 10.6 Å². The number of carbonyl (C=O) groups is 3. The van der Waals surface area contributed by atoms with Crippen LogP contribution in [0.3, 0.4) is 0 Å². The van der Waals surface area contributed by atoms with Crippen molar-refractivity contribution in [3.63, 3.8) is 0 Å². The zero-order chi connectivity index (χ0) is 23.7. The van der Waals surface area contributed by atoms with E-state index < -0.39 is 47.2 Å². The van der Waals surface area contributed by atoms with E-state index in [0.717, 1.165) is 11.1 Å². The number of nitrogens with zero attached hydrogens (tertiary/aromatic N) is 1. The minimum absolute atomic E-state index is 0.0698. The van der Waals surface area contributed by atoms with Gasteiger partial charge >= 0.3 is 0 Å². The van der Waals surface area contributed by atoms with Crippen LogP contribution in [0.15, 0.2) is 36.4 Å². The maximum atomic E-state index is 13.7. The SMILES string of the molecule is COc1ccc(CN2C(=O)[C@@H]3[C@@H]([C@@H](C)O)N[C@]4(C(=O)Nc5c(C)cc(Cl)cc54)[C@H]3C2=O)cc1. The van der Waals surface area contributed by atoms with Crippen LogP contribution in [0.25, 0.3) is 0 Å². The molecule has 8 nitrogen and oxygen atoms in total. The lowest BCUT2D eigenvalue weighted by molar-refractivity contribution is -0.143. The number of imide groups is 1. The third-order valence-corrected chi connectivity index (χ3v) is 7.25. The fraction of sp³-hybridized carbons (Fsp3) is 0.375. The Bertz CT molecular complexity index is 1180. The number of aryl methyl sites for hydroxylation is 1. The highest BCUT2D eigenvalue weighted by atomic mass is 35.5. The minimum Gasteiger partial charge on any atom is -0.497 e. The highest BCUT2D eigenvalue weighted by Crippen LogP contribution is 2.54. The first-order valence-corrected chi connectivity index (χ1v) is 11.1. The van der Waals surface area contributed by atoms with Crippen molar-refractivity contribution >= 4 is 35.0 Å². The monoisotopic (exact) mass is 469 g/mol. The zero-order valence-corrected chi connectivity index (χ0v) is 19.1. The Morgan fingerprint density at radius 1 is 1.18 bits per heavy atom.